The summed E-state index contributed by atoms with van der Waals surface area (Å²) in [5, 5.41) is 0. The molecule has 0 spiro atoms. The third-order valence-electron chi connectivity index (χ3n) is 3.11. The number of hydrogen-bond acceptors (Lipinski definition) is 2. The number of carbonyl (C=O) groups excluding carboxylic acids is 1. The van der Waals surface area contributed by atoms with Gasteiger partial charge >= 0.3 is 0 Å². The van der Waals surface area contributed by atoms with Crippen molar-refractivity contribution in [1.82, 2.24) is 0 Å². The molecule has 0 unspecified atom stereocenters. The summed E-state index contributed by atoms with van der Waals surface area (Å²) < 4.78 is 5.72. The van der Waals surface area contributed by atoms with Crippen LogP contribution in [-0.2, 0) is 9.53 Å². The fourth-order valence-corrected chi connectivity index (χ4v) is 2.30. The van der Waals surface area contributed by atoms with Gasteiger partial charge in [0.15, 0.2) is 11.5 Å². The van der Waals surface area contributed by atoms with E-state index in [1.54, 1.807) is 12.2 Å². The van der Waals surface area contributed by atoms with Gasteiger partial charge in [0.1, 0.15) is 5.76 Å². The van der Waals surface area contributed by atoms with Gasteiger partial charge in [-0.25, -0.2) is 0 Å². The average molecular weight is 266 g/mol. The number of hydrogen-bond donors (Lipinski definition) is 0. The SMILES string of the molecule is C#C/C(=C\c1ccccc1)OC1=CC(=O)CC(C)(C)C1. The zero-order valence-electron chi connectivity index (χ0n) is 11.8. The molecule has 0 heterocycles. The topological polar surface area (TPSA) is 26.3 Å². The molecule has 0 saturated carbocycles. The summed E-state index contributed by atoms with van der Waals surface area (Å²) in [6.07, 6.45) is 10.1. The smallest absolute Gasteiger partial charge is 0.177 e. The van der Waals surface area contributed by atoms with Gasteiger partial charge in [0, 0.05) is 18.9 Å². The molecule has 20 heavy (non-hydrogen) atoms. The van der Waals surface area contributed by atoms with Crippen LogP contribution in [0.3, 0.4) is 0 Å². The van der Waals surface area contributed by atoms with Crippen LogP contribution in [0.1, 0.15) is 32.3 Å². The number of rotatable bonds is 3. The van der Waals surface area contributed by atoms with E-state index in [2.05, 4.69) is 19.8 Å². The van der Waals surface area contributed by atoms with E-state index < -0.39 is 0 Å². The van der Waals surface area contributed by atoms with Gasteiger partial charge in [-0.2, -0.15) is 0 Å². The third-order valence-corrected chi connectivity index (χ3v) is 3.11. The molecule has 0 N–H and O–H groups in total. The van der Waals surface area contributed by atoms with Crippen LogP contribution in [0.5, 0.6) is 0 Å². The second kappa shape index (κ2) is 5.79. The lowest BCUT2D eigenvalue weighted by Crippen LogP contribution is -2.22. The fourth-order valence-electron chi connectivity index (χ4n) is 2.30. The summed E-state index contributed by atoms with van der Waals surface area (Å²) in [6, 6.07) is 9.72. The third kappa shape index (κ3) is 3.86. The molecule has 0 aromatic heterocycles. The number of ketones is 1. The molecule has 1 aromatic carbocycles. The minimum Gasteiger partial charge on any atom is -0.453 e. The van der Waals surface area contributed by atoms with Gasteiger partial charge in [0.05, 0.1) is 0 Å². The van der Waals surface area contributed by atoms with Gasteiger partial charge in [0.25, 0.3) is 0 Å². The van der Waals surface area contributed by atoms with Crippen molar-refractivity contribution in [3.63, 3.8) is 0 Å². The van der Waals surface area contributed by atoms with Crippen molar-refractivity contribution in [2.45, 2.75) is 26.7 Å². The largest absolute Gasteiger partial charge is 0.453 e. The van der Waals surface area contributed by atoms with Crippen LogP contribution in [-0.4, -0.2) is 5.78 Å². The van der Waals surface area contributed by atoms with Crippen LogP contribution >= 0.6 is 0 Å². The highest BCUT2D eigenvalue weighted by molar-refractivity contribution is 5.91. The summed E-state index contributed by atoms with van der Waals surface area (Å²) in [7, 11) is 0. The fraction of sp³-hybridized carbons (Fsp3) is 0.278. The Morgan fingerprint density at radius 2 is 2.00 bits per heavy atom. The first-order valence-corrected chi connectivity index (χ1v) is 6.63. The maximum absolute atomic E-state index is 11.7. The molecule has 2 rings (SSSR count). The van der Waals surface area contributed by atoms with Crippen LogP contribution in [0, 0.1) is 17.8 Å². The average Bonchev–Trinajstić information content (AvgIpc) is 2.36. The molecule has 0 fully saturated rings. The number of terminal acetylenes is 1. The summed E-state index contributed by atoms with van der Waals surface area (Å²) in [4.78, 5) is 11.7. The molecule has 102 valence electrons. The second-order valence-corrected chi connectivity index (χ2v) is 5.76. The number of benzene rings is 1. The summed E-state index contributed by atoms with van der Waals surface area (Å²) in [5.41, 5.74) is 0.899. The van der Waals surface area contributed by atoms with Crippen LogP contribution in [0.25, 0.3) is 6.08 Å². The normalized spacial score (nSPS) is 18.1. The molecule has 0 atom stereocenters. The minimum atomic E-state index is -0.0758. The zero-order valence-corrected chi connectivity index (χ0v) is 11.8. The first kappa shape index (κ1) is 14.1. The van der Waals surface area contributed by atoms with E-state index in [4.69, 9.17) is 11.2 Å². The van der Waals surface area contributed by atoms with Crippen molar-refractivity contribution in [2.75, 3.05) is 0 Å². The number of allylic oxidation sites excluding steroid dienone is 3. The van der Waals surface area contributed by atoms with Crippen LogP contribution in [0.15, 0.2) is 47.9 Å². The molecule has 0 radical (unpaired) electrons. The molecule has 0 aliphatic heterocycles. The number of ether oxygens (including phenoxy) is 1. The summed E-state index contributed by atoms with van der Waals surface area (Å²) in [5.74, 6) is 3.69. The second-order valence-electron chi connectivity index (χ2n) is 5.76. The first-order valence-electron chi connectivity index (χ1n) is 6.63. The Morgan fingerprint density at radius 3 is 2.60 bits per heavy atom. The van der Waals surface area contributed by atoms with Crippen molar-refractivity contribution in [3.8, 4) is 12.3 Å². The van der Waals surface area contributed by atoms with Crippen LogP contribution < -0.4 is 0 Å². The Bertz CT molecular complexity index is 598. The quantitative estimate of drug-likeness (QED) is 0.611. The molecule has 2 heteroatoms. The van der Waals surface area contributed by atoms with Crippen LogP contribution in [0.2, 0.25) is 0 Å². The van der Waals surface area contributed by atoms with Crippen molar-refractivity contribution in [3.05, 3.63) is 53.5 Å². The Kier molecular flexibility index (Phi) is 4.10. The molecule has 1 aliphatic rings. The van der Waals surface area contributed by atoms with Gasteiger partial charge in [-0.3, -0.25) is 4.79 Å². The van der Waals surface area contributed by atoms with Gasteiger partial charge in [-0.15, -0.1) is 6.42 Å². The van der Waals surface area contributed by atoms with Gasteiger partial charge in [-0.05, 0) is 23.0 Å². The highest BCUT2D eigenvalue weighted by Crippen LogP contribution is 2.34. The maximum atomic E-state index is 11.7. The predicted octanol–water partition coefficient (Wildman–Crippen LogP) is 3.95. The monoisotopic (exact) mass is 266 g/mol. The molecule has 1 aromatic rings. The molecule has 1 aliphatic carbocycles. The van der Waals surface area contributed by atoms with Gasteiger partial charge < -0.3 is 4.74 Å². The van der Waals surface area contributed by atoms with Crippen LogP contribution in [0.4, 0.5) is 0 Å². The summed E-state index contributed by atoms with van der Waals surface area (Å²) >= 11 is 0. The van der Waals surface area contributed by atoms with Gasteiger partial charge in [-0.1, -0.05) is 44.2 Å². The Balaban J connectivity index is 2.18. The van der Waals surface area contributed by atoms with E-state index >= 15 is 0 Å². The lowest BCUT2D eigenvalue weighted by Gasteiger charge is -2.28. The van der Waals surface area contributed by atoms with Crippen molar-refractivity contribution in [2.24, 2.45) is 5.41 Å². The molecular formula is C18H18O2. The molecule has 2 nitrogen and oxygen atoms in total. The summed E-state index contributed by atoms with van der Waals surface area (Å²) in [6.45, 7) is 4.11. The highest BCUT2D eigenvalue weighted by Gasteiger charge is 2.28. The van der Waals surface area contributed by atoms with Crippen molar-refractivity contribution >= 4 is 11.9 Å². The number of carbonyl (C=O) groups is 1. The minimum absolute atomic E-state index is 0.0758. The highest BCUT2D eigenvalue weighted by atomic mass is 16.5. The van der Waals surface area contributed by atoms with E-state index in [-0.39, 0.29) is 11.2 Å². The van der Waals surface area contributed by atoms with E-state index in [0.29, 0.717) is 24.4 Å². The maximum Gasteiger partial charge on any atom is 0.177 e. The first-order chi connectivity index (χ1) is 9.48. The lowest BCUT2D eigenvalue weighted by molar-refractivity contribution is -0.117. The molecular weight excluding hydrogens is 248 g/mol. The molecule has 0 saturated heterocycles. The van der Waals surface area contributed by atoms with E-state index in [1.165, 1.54) is 0 Å². The lowest BCUT2D eigenvalue weighted by atomic mass is 9.79. The zero-order chi connectivity index (χ0) is 14.6. The van der Waals surface area contributed by atoms with E-state index in [9.17, 15) is 4.79 Å². The molecule has 0 bridgehead atoms. The van der Waals surface area contributed by atoms with Crippen molar-refractivity contribution < 1.29 is 9.53 Å². The van der Waals surface area contributed by atoms with Crippen molar-refractivity contribution in [1.29, 1.82) is 0 Å². The Hall–Kier alpha value is -2.27. The standard InChI is InChI=1S/C18H18O2/c1-4-16(10-14-8-6-5-7-9-14)20-17-11-15(19)12-18(2,3)13-17/h1,5-11H,12-13H2,2-3H3/b16-10+. The predicted molar refractivity (Wildman–Crippen MR) is 80.4 cm³/mol. The Labute approximate surface area is 120 Å². The Morgan fingerprint density at radius 1 is 1.30 bits per heavy atom. The van der Waals surface area contributed by atoms with E-state index in [0.717, 1.165) is 5.56 Å². The molecule has 0 amide bonds. The van der Waals surface area contributed by atoms with Gasteiger partial charge in [0.2, 0.25) is 0 Å². The van der Waals surface area contributed by atoms with E-state index in [1.807, 2.05) is 30.3 Å².